The minimum absolute atomic E-state index is 0.0929. The largest absolute Gasteiger partial charge is 0.573 e. The van der Waals surface area contributed by atoms with Crippen molar-refractivity contribution in [1.82, 2.24) is 4.90 Å². The first-order valence-electron chi connectivity index (χ1n) is 6.89. The van der Waals surface area contributed by atoms with E-state index in [1.807, 2.05) is 0 Å². The molecule has 0 spiro atoms. The summed E-state index contributed by atoms with van der Waals surface area (Å²) in [6.07, 6.45) is -5.81. The number of nitrogens with zero attached hydrogens (tertiary/aromatic N) is 2. The molecule has 0 saturated carbocycles. The number of halogens is 3. The number of alkyl halides is 3. The fourth-order valence-electron chi connectivity index (χ4n) is 3.08. The predicted molar refractivity (Wildman–Crippen MR) is 72.1 cm³/mol. The van der Waals surface area contributed by atoms with Crippen LogP contribution in [0.4, 0.5) is 23.7 Å². The van der Waals surface area contributed by atoms with Crippen LogP contribution in [0.15, 0.2) is 24.3 Å². The summed E-state index contributed by atoms with van der Waals surface area (Å²) in [4.78, 5) is 26.0. The van der Waals surface area contributed by atoms with Gasteiger partial charge in [0.25, 0.3) is 0 Å². The van der Waals surface area contributed by atoms with Crippen molar-refractivity contribution in [2.45, 2.75) is 6.36 Å². The third-order valence-corrected chi connectivity index (χ3v) is 4.09. The number of likely N-dealkylation sites (tertiary alicyclic amines) is 1. The van der Waals surface area contributed by atoms with Gasteiger partial charge in [0.15, 0.2) is 0 Å². The maximum atomic E-state index is 12.4. The van der Waals surface area contributed by atoms with Gasteiger partial charge in [-0.05, 0) is 24.3 Å². The number of rotatable bonds is 2. The van der Waals surface area contributed by atoms with Crippen LogP contribution in [0.1, 0.15) is 0 Å². The second-order valence-corrected chi connectivity index (χ2v) is 5.54. The molecule has 1 aromatic rings. The molecule has 2 aliphatic heterocycles. The first-order chi connectivity index (χ1) is 10.7. The Hall–Kier alpha value is -2.45. The SMILES string of the molecule is O=C(O)N1C[C@@H]2CN(c3ccc(OC(F)(F)F)cc3)C(=O)[C@@H]2C1. The Morgan fingerprint density at radius 1 is 1.17 bits per heavy atom. The molecule has 0 aliphatic carbocycles. The minimum atomic E-state index is -4.76. The predicted octanol–water partition coefficient (Wildman–Crippen LogP) is 2.16. The quantitative estimate of drug-likeness (QED) is 0.902. The van der Waals surface area contributed by atoms with E-state index in [0.717, 1.165) is 12.1 Å². The van der Waals surface area contributed by atoms with Gasteiger partial charge in [0.1, 0.15) is 5.75 Å². The second kappa shape index (κ2) is 5.32. The zero-order valence-electron chi connectivity index (χ0n) is 11.8. The van der Waals surface area contributed by atoms with E-state index in [9.17, 15) is 22.8 Å². The van der Waals surface area contributed by atoms with E-state index in [0.29, 0.717) is 12.2 Å². The van der Waals surface area contributed by atoms with Gasteiger partial charge in [-0.25, -0.2) is 4.79 Å². The van der Waals surface area contributed by atoms with Crippen LogP contribution in [0.2, 0.25) is 0 Å². The zero-order valence-corrected chi connectivity index (χ0v) is 11.8. The third-order valence-electron chi connectivity index (χ3n) is 4.09. The summed E-state index contributed by atoms with van der Waals surface area (Å²) in [5.41, 5.74) is 0.473. The van der Waals surface area contributed by atoms with Crippen LogP contribution in [-0.4, -0.2) is 48.0 Å². The van der Waals surface area contributed by atoms with Crippen LogP contribution in [0.25, 0.3) is 0 Å². The smallest absolute Gasteiger partial charge is 0.465 e. The average Bonchev–Trinajstić information content (AvgIpc) is 2.98. The van der Waals surface area contributed by atoms with E-state index in [-0.39, 0.29) is 30.7 Å². The number of hydrogen-bond acceptors (Lipinski definition) is 3. The summed E-state index contributed by atoms with van der Waals surface area (Å²) >= 11 is 0. The highest BCUT2D eigenvalue weighted by molar-refractivity contribution is 5.98. The molecule has 3 rings (SSSR count). The molecule has 2 aliphatic rings. The van der Waals surface area contributed by atoms with Gasteiger partial charge >= 0.3 is 12.5 Å². The molecule has 2 atom stereocenters. The molecule has 23 heavy (non-hydrogen) atoms. The van der Waals surface area contributed by atoms with Gasteiger partial charge in [0, 0.05) is 31.2 Å². The average molecular weight is 330 g/mol. The molecule has 2 fully saturated rings. The normalized spacial score (nSPS) is 24.0. The Morgan fingerprint density at radius 2 is 1.83 bits per heavy atom. The second-order valence-electron chi connectivity index (χ2n) is 5.54. The molecule has 6 nitrogen and oxygen atoms in total. The first-order valence-corrected chi connectivity index (χ1v) is 6.89. The molecule has 0 bridgehead atoms. The van der Waals surface area contributed by atoms with Crippen LogP contribution in [-0.2, 0) is 4.79 Å². The molecule has 1 aromatic carbocycles. The van der Waals surface area contributed by atoms with E-state index in [4.69, 9.17) is 5.11 Å². The third kappa shape index (κ3) is 3.03. The van der Waals surface area contributed by atoms with Crippen molar-refractivity contribution in [3.63, 3.8) is 0 Å². The van der Waals surface area contributed by atoms with Gasteiger partial charge in [0.05, 0.1) is 5.92 Å². The highest BCUT2D eigenvalue weighted by atomic mass is 19.4. The number of hydrogen-bond donors (Lipinski definition) is 1. The standard InChI is InChI=1S/C14H13F3N2O4/c15-14(16,17)23-10-3-1-9(2-4-10)19-6-8-5-18(13(21)22)7-11(8)12(19)20/h1-4,8,11H,5-7H2,(H,21,22)/t8-,11-/m1/s1. The molecular weight excluding hydrogens is 317 g/mol. The summed E-state index contributed by atoms with van der Waals surface area (Å²) in [5.74, 6) is -1.05. The van der Waals surface area contributed by atoms with Gasteiger partial charge in [-0.2, -0.15) is 0 Å². The first kappa shape index (κ1) is 15.4. The number of carbonyl (C=O) groups is 2. The fraction of sp³-hybridized carbons (Fsp3) is 0.429. The molecule has 124 valence electrons. The number of fused-ring (bicyclic) bond motifs is 1. The van der Waals surface area contributed by atoms with Crippen molar-refractivity contribution in [1.29, 1.82) is 0 Å². The molecule has 0 unspecified atom stereocenters. The van der Waals surface area contributed by atoms with E-state index >= 15 is 0 Å². The topological polar surface area (TPSA) is 70.1 Å². The number of carbonyl (C=O) groups excluding carboxylic acids is 1. The van der Waals surface area contributed by atoms with E-state index < -0.39 is 18.4 Å². The lowest BCUT2D eigenvalue weighted by molar-refractivity contribution is -0.274. The Bertz CT molecular complexity index is 632. The van der Waals surface area contributed by atoms with Crippen LogP contribution >= 0.6 is 0 Å². The number of anilines is 1. The van der Waals surface area contributed by atoms with Crippen molar-refractivity contribution in [2.75, 3.05) is 24.5 Å². The van der Waals surface area contributed by atoms with Crippen LogP contribution in [0.3, 0.4) is 0 Å². The lowest BCUT2D eigenvalue weighted by Gasteiger charge is -2.20. The number of ether oxygens (including phenoxy) is 1. The summed E-state index contributed by atoms with van der Waals surface area (Å²) < 4.78 is 40.2. The van der Waals surface area contributed by atoms with E-state index in [1.54, 1.807) is 0 Å². The van der Waals surface area contributed by atoms with E-state index in [1.165, 1.54) is 21.9 Å². The lowest BCUT2D eigenvalue weighted by Crippen LogP contribution is -2.34. The maximum absolute atomic E-state index is 12.4. The minimum Gasteiger partial charge on any atom is -0.465 e. The van der Waals surface area contributed by atoms with Gasteiger partial charge in [0.2, 0.25) is 5.91 Å². The molecule has 1 N–H and O–H groups in total. The van der Waals surface area contributed by atoms with Crippen molar-refractivity contribution in [3.05, 3.63) is 24.3 Å². The molecule has 0 radical (unpaired) electrons. The Kier molecular flexibility index (Phi) is 3.57. The number of benzene rings is 1. The number of amides is 2. The highest BCUT2D eigenvalue weighted by Gasteiger charge is 2.47. The van der Waals surface area contributed by atoms with Crippen LogP contribution in [0, 0.1) is 11.8 Å². The molecular formula is C14H13F3N2O4. The fourth-order valence-corrected chi connectivity index (χ4v) is 3.08. The van der Waals surface area contributed by atoms with Crippen molar-refractivity contribution >= 4 is 17.7 Å². The highest BCUT2D eigenvalue weighted by Crippen LogP contribution is 2.36. The maximum Gasteiger partial charge on any atom is 0.573 e. The van der Waals surface area contributed by atoms with Crippen LogP contribution < -0.4 is 9.64 Å². The molecule has 9 heteroatoms. The summed E-state index contributed by atoms with van der Waals surface area (Å²) in [6, 6.07) is 5.06. The van der Waals surface area contributed by atoms with Gasteiger partial charge in [-0.15, -0.1) is 13.2 Å². The Labute approximate surface area is 129 Å². The van der Waals surface area contributed by atoms with E-state index in [2.05, 4.69) is 4.74 Å². The molecule has 2 heterocycles. The van der Waals surface area contributed by atoms with Crippen molar-refractivity contribution in [2.24, 2.45) is 11.8 Å². The monoisotopic (exact) mass is 330 g/mol. The van der Waals surface area contributed by atoms with Gasteiger partial charge in [-0.1, -0.05) is 0 Å². The van der Waals surface area contributed by atoms with Crippen molar-refractivity contribution in [3.8, 4) is 5.75 Å². The van der Waals surface area contributed by atoms with Crippen LogP contribution in [0.5, 0.6) is 5.75 Å². The molecule has 0 aromatic heterocycles. The summed E-state index contributed by atoms with van der Waals surface area (Å²) in [7, 11) is 0. The Morgan fingerprint density at radius 3 is 2.35 bits per heavy atom. The summed E-state index contributed by atoms with van der Waals surface area (Å²) in [5, 5.41) is 8.96. The Balaban J connectivity index is 1.70. The lowest BCUT2D eigenvalue weighted by atomic mass is 10.0. The zero-order chi connectivity index (χ0) is 16.8. The van der Waals surface area contributed by atoms with Gasteiger partial charge < -0.3 is 19.6 Å². The molecule has 2 amide bonds. The molecule has 2 saturated heterocycles. The summed E-state index contributed by atoms with van der Waals surface area (Å²) in [6.45, 7) is 0.800. The van der Waals surface area contributed by atoms with Crippen molar-refractivity contribution < 1.29 is 32.6 Å². The number of carboxylic acid groups (broad SMARTS) is 1. The van der Waals surface area contributed by atoms with Gasteiger partial charge in [-0.3, -0.25) is 4.79 Å².